The van der Waals surface area contributed by atoms with Crippen molar-refractivity contribution in [2.75, 3.05) is 6.54 Å². The van der Waals surface area contributed by atoms with Gasteiger partial charge in [0.2, 0.25) is 0 Å². The lowest BCUT2D eigenvalue weighted by molar-refractivity contribution is 0.0520. The lowest BCUT2D eigenvalue weighted by atomic mass is 10.1. The van der Waals surface area contributed by atoms with Gasteiger partial charge in [0, 0.05) is 18.6 Å². The van der Waals surface area contributed by atoms with Gasteiger partial charge in [0.05, 0.1) is 0 Å². The van der Waals surface area contributed by atoms with E-state index < -0.39 is 5.60 Å². The number of hydrogen-bond acceptors (Lipinski definition) is 3. The summed E-state index contributed by atoms with van der Waals surface area (Å²) in [6.07, 6.45) is 9.52. The summed E-state index contributed by atoms with van der Waals surface area (Å²) in [5.74, 6) is 0. The number of alkyl carbamates (subject to hydrolysis) is 1. The van der Waals surface area contributed by atoms with Gasteiger partial charge in [-0.05, 0) is 40.5 Å². The van der Waals surface area contributed by atoms with E-state index in [9.17, 15) is 4.79 Å². The van der Waals surface area contributed by atoms with Crippen LogP contribution in [0.3, 0.4) is 0 Å². The number of unbranched alkanes of at least 4 members (excludes halogenated alkanes) is 4. The third-order valence-corrected chi connectivity index (χ3v) is 3.81. The third-order valence-electron chi connectivity index (χ3n) is 3.81. The maximum Gasteiger partial charge on any atom is 0.407 e. The fraction of sp³-hybridized carbons (Fsp3) is 0.947. The molecule has 0 bridgehead atoms. The van der Waals surface area contributed by atoms with Crippen molar-refractivity contribution in [2.45, 2.75) is 111 Å². The van der Waals surface area contributed by atoms with Crippen molar-refractivity contribution in [3.05, 3.63) is 0 Å². The molecule has 2 N–H and O–H groups in total. The quantitative estimate of drug-likeness (QED) is 0.495. The van der Waals surface area contributed by atoms with E-state index in [0.717, 1.165) is 6.42 Å². The molecule has 0 radical (unpaired) electrons. The highest BCUT2D eigenvalue weighted by atomic mass is 16.6. The first-order valence-electron chi connectivity index (χ1n) is 9.51. The van der Waals surface area contributed by atoms with Crippen LogP contribution in [0.5, 0.6) is 0 Å². The Bertz CT molecular complexity index is 300. The molecule has 1 amide bonds. The molecule has 0 aliphatic heterocycles. The van der Waals surface area contributed by atoms with Crippen LogP contribution in [-0.2, 0) is 4.74 Å². The summed E-state index contributed by atoms with van der Waals surface area (Å²) in [5, 5.41) is 6.58. The van der Waals surface area contributed by atoms with Crippen LogP contribution in [-0.4, -0.2) is 30.3 Å². The zero-order valence-corrected chi connectivity index (χ0v) is 16.3. The molecule has 4 nitrogen and oxygen atoms in total. The number of carbonyl (C=O) groups is 1. The van der Waals surface area contributed by atoms with E-state index in [4.69, 9.17) is 4.74 Å². The van der Waals surface area contributed by atoms with E-state index in [0.29, 0.717) is 18.6 Å². The van der Waals surface area contributed by atoms with Crippen molar-refractivity contribution in [1.29, 1.82) is 0 Å². The Hall–Kier alpha value is -0.770. The smallest absolute Gasteiger partial charge is 0.407 e. The molecule has 0 fully saturated rings. The molecule has 0 rings (SSSR count). The molecule has 2 unspecified atom stereocenters. The normalized spacial score (nSPS) is 14.3. The molecule has 0 aromatic heterocycles. The summed E-state index contributed by atoms with van der Waals surface area (Å²) in [5.41, 5.74) is -0.441. The van der Waals surface area contributed by atoms with Gasteiger partial charge in [-0.3, -0.25) is 0 Å². The summed E-state index contributed by atoms with van der Waals surface area (Å²) < 4.78 is 5.31. The number of nitrogens with one attached hydrogen (secondary N) is 2. The second-order valence-electron chi connectivity index (χ2n) is 7.64. The molecule has 0 aromatic rings. The molecule has 0 aliphatic carbocycles. The Morgan fingerprint density at radius 3 is 2.22 bits per heavy atom. The molecule has 0 aromatic carbocycles. The zero-order chi connectivity index (χ0) is 17.7. The van der Waals surface area contributed by atoms with E-state index in [1.807, 2.05) is 20.8 Å². The second-order valence-corrected chi connectivity index (χ2v) is 7.64. The molecule has 0 heterocycles. The van der Waals surface area contributed by atoms with Crippen LogP contribution in [0.2, 0.25) is 0 Å². The molecule has 2 atom stereocenters. The van der Waals surface area contributed by atoms with Crippen LogP contribution >= 0.6 is 0 Å². The zero-order valence-electron chi connectivity index (χ0n) is 16.3. The highest BCUT2D eigenvalue weighted by Gasteiger charge is 2.18. The van der Waals surface area contributed by atoms with Gasteiger partial charge in [-0.25, -0.2) is 4.79 Å². The fourth-order valence-electron chi connectivity index (χ4n) is 2.58. The Morgan fingerprint density at radius 2 is 1.65 bits per heavy atom. The van der Waals surface area contributed by atoms with Crippen LogP contribution in [0.4, 0.5) is 4.79 Å². The van der Waals surface area contributed by atoms with Crippen LogP contribution in [0, 0.1) is 0 Å². The molecule has 0 aliphatic rings. The summed E-state index contributed by atoms with van der Waals surface area (Å²) in [4.78, 5) is 11.8. The number of ether oxygens (including phenoxy) is 1. The lowest BCUT2D eigenvalue weighted by Gasteiger charge is -2.25. The van der Waals surface area contributed by atoms with Gasteiger partial charge in [-0.15, -0.1) is 0 Å². The molecule has 0 saturated heterocycles. The molecular weight excluding hydrogens is 288 g/mol. The monoisotopic (exact) mass is 328 g/mol. The first kappa shape index (κ1) is 22.2. The topological polar surface area (TPSA) is 50.4 Å². The van der Waals surface area contributed by atoms with Gasteiger partial charge in [0.15, 0.2) is 0 Å². The largest absolute Gasteiger partial charge is 0.444 e. The number of amides is 1. The predicted octanol–water partition coefficient (Wildman–Crippen LogP) is 5.02. The summed E-state index contributed by atoms with van der Waals surface area (Å²) in [7, 11) is 0. The number of rotatable bonds is 12. The first-order valence-corrected chi connectivity index (χ1v) is 9.51. The van der Waals surface area contributed by atoms with Gasteiger partial charge < -0.3 is 15.4 Å². The Labute approximate surface area is 144 Å². The molecule has 4 heteroatoms. The van der Waals surface area contributed by atoms with Gasteiger partial charge in [0.25, 0.3) is 0 Å². The SMILES string of the molecule is CCCCCCC(C)NC(CCCC)CNC(=O)OC(C)(C)C. The van der Waals surface area contributed by atoms with E-state index in [1.54, 1.807) is 0 Å². The van der Waals surface area contributed by atoms with Crippen molar-refractivity contribution < 1.29 is 9.53 Å². The molecule has 0 saturated carbocycles. The van der Waals surface area contributed by atoms with Crippen molar-refractivity contribution >= 4 is 6.09 Å². The van der Waals surface area contributed by atoms with Crippen molar-refractivity contribution in [1.82, 2.24) is 10.6 Å². The highest BCUT2D eigenvalue weighted by Crippen LogP contribution is 2.09. The van der Waals surface area contributed by atoms with E-state index in [1.165, 1.54) is 44.9 Å². The Morgan fingerprint density at radius 1 is 1.00 bits per heavy atom. The third kappa shape index (κ3) is 14.5. The molecule has 138 valence electrons. The number of carbonyl (C=O) groups excluding carboxylic acids is 1. The van der Waals surface area contributed by atoms with Gasteiger partial charge in [0.1, 0.15) is 5.60 Å². The highest BCUT2D eigenvalue weighted by molar-refractivity contribution is 5.67. The molecular formula is C19H40N2O2. The maximum atomic E-state index is 11.8. The molecule has 0 spiro atoms. The summed E-state index contributed by atoms with van der Waals surface area (Å²) >= 11 is 0. The summed E-state index contributed by atoms with van der Waals surface area (Å²) in [6.45, 7) is 13.0. The van der Waals surface area contributed by atoms with E-state index >= 15 is 0 Å². The first-order chi connectivity index (χ1) is 10.8. The standard InChI is InChI=1S/C19H40N2O2/c1-7-9-11-12-13-16(3)21-17(14-10-8-2)15-20-18(22)23-19(4,5)6/h16-17,21H,7-15H2,1-6H3,(H,20,22). The Balaban J connectivity index is 4.16. The van der Waals surface area contributed by atoms with Crippen LogP contribution in [0.25, 0.3) is 0 Å². The predicted molar refractivity (Wildman–Crippen MR) is 98.9 cm³/mol. The number of hydrogen-bond donors (Lipinski definition) is 2. The minimum atomic E-state index is -0.441. The minimum Gasteiger partial charge on any atom is -0.444 e. The van der Waals surface area contributed by atoms with Gasteiger partial charge >= 0.3 is 6.09 Å². The van der Waals surface area contributed by atoms with E-state index in [2.05, 4.69) is 31.4 Å². The summed E-state index contributed by atoms with van der Waals surface area (Å²) in [6, 6.07) is 0.817. The van der Waals surface area contributed by atoms with Crippen molar-refractivity contribution in [3.8, 4) is 0 Å². The minimum absolute atomic E-state index is 0.323. The lowest BCUT2D eigenvalue weighted by Crippen LogP contribution is -2.45. The van der Waals surface area contributed by atoms with Gasteiger partial charge in [-0.2, -0.15) is 0 Å². The van der Waals surface area contributed by atoms with Crippen LogP contribution < -0.4 is 10.6 Å². The van der Waals surface area contributed by atoms with Crippen molar-refractivity contribution in [2.24, 2.45) is 0 Å². The molecule has 23 heavy (non-hydrogen) atoms. The van der Waals surface area contributed by atoms with Crippen molar-refractivity contribution in [3.63, 3.8) is 0 Å². The average Bonchev–Trinajstić information content (AvgIpc) is 2.44. The Kier molecular flexibility index (Phi) is 12.2. The second kappa shape index (κ2) is 12.6. The average molecular weight is 329 g/mol. The van der Waals surface area contributed by atoms with Gasteiger partial charge in [-0.1, -0.05) is 52.4 Å². The van der Waals surface area contributed by atoms with E-state index in [-0.39, 0.29) is 6.09 Å². The maximum absolute atomic E-state index is 11.8. The van der Waals surface area contributed by atoms with Crippen LogP contribution in [0.15, 0.2) is 0 Å². The van der Waals surface area contributed by atoms with Crippen LogP contribution in [0.1, 0.15) is 92.9 Å². The fourth-order valence-corrected chi connectivity index (χ4v) is 2.58.